The van der Waals surface area contributed by atoms with Crippen LogP contribution in [-0.2, 0) is 16.1 Å². The van der Waals surface area contributed by atoms with Crippen molar-refractivity contribution >= 4 is 23.5 Å². The Morgan fingerprint density at radius 2 is 1.78 bits per heavy atom. The number of rotatable bonds is 5. The fourth-order valence-corrected chi connectivity index (χ4v) is 3.54. The maximum Gasteiger partial charge on any atom is 0.241 e. The van der Waals surface area contributed by atoms with Gasteiger partial charge in [0.25, 0.3) is 0 Å². The van der Waals surface area contributed by atoms with Gasteiger partial charge in [-0.1, -0.05) is 12.1 Å². The highest BCUT2D eigenvalue weighted by molar-refractivity contribution is 5.95. The van der Waals surface area contributed by atoms with Gasteiger partial charge in [0.1, 0.15) is 0 Å². The lowest BCUT2D eigenvalue weighted by Crippen LogP contribution is -2.45. The van der Waals surface area contributed by atoms with Gasteiger partial charge in [-0.05, 0) is 43.4 Å². The molecule has 27 heavy (non-hydrogen) atoms. The van der Waals surface area contributed by atoms with Crippen molar-refractivity contribution in [3.63, 3.8) is 0 Å². The zero-order valence-corrected chi connectivity index (χ0v) is 16.0. The summed E-state index contributed by atoms with van der Waals surface area (Å²) in [4.78, 5) is 32.0. The number of nitrogens with zero attached hydrogens (tertiary/aromatic N) is 3. The minimum atomic E-state index is 0.122. The van der Waals surface area contributed by atoms with Crippen LogP contribution < -0.4 is 15.5 Å². The molecule has 7 nitrogen and oxygen atoms in total. The second-order valence-corrected chi connectivity index (χ2v) is 7.04. The third-order valence-corrected chi connectivity index (χ3v) is 5.12. The molecule has 0 saturated carbocycles. The number of hydrogen-bond donors (Lipinski definition) is 2. The molecule has 0 radical (unpaired) electrons. The van der Waals surface area contributed by atoms with E-state index in [4.69, 9.17) is 0 Å². The minimum Gasteiger partial charge on any atom is -0.352 e. The van der Waals surface area contributed by atoms with Crippen LogP contribution >= 0.6 is 0 Å². The Morgan fingerprint density at radius 1 is 1.04 bits per heavy atom. The topological polar surface area (TPSA) is 77.0 Å². The van der Waals surface area contributed by atoms with E-state index in [1.807, 2.05) is 34.1 Å². The van der Waals surface area contributed by atoms with Gasteiger partial charge < -0.3 is 20.4 Å². The summed E-state index contributed by atoms with van der Waals surface area (Å²) in [6, 6.07) is 7.99. The number of benzene rings is 1. The van der Waals surface area contributed by atoms with Crippen molar-refractivity contribution in [2.75, 3.05) is 38.1 Å². The van der Waals surface area contributed by atoms with Gasteiger partial charge >= 0.3 is 0 Å². The Bertz CT molecular complexity index is 680. The molecular weight excluding hydrogens is 342 g/mol. The number of nitrogens with one attached hydrogen (secondary N) is 2. The summed E-state index contributed by atoms with van der Waals surface area (Å²) in [5.41, 5.74) is 2.05. The summed E-state index contributed by atoms with van der Waals surface area (Å²) in [6.07, 6.45) is 4.97. The molecule has 2 heterocycles. The average Bonchev–Trinajstić information content (AvgIpc) is 3.15. The van der Waals surface area contributed by atoms with Crippen molar-refractivity contribution in [2.24, 2.45) is 4.99 Å². The average molecular weight is 371 g/mol. The molecule has 2 fully saturated rings. The van der Waals surface area contributed by atoms with Crippen molar-refractivity contribution < 1.29 is 9.59 Å². The summed E-state index contributed by atoms with van der Waals surface area (Å²) < 4.78 is 0. The Morgan fingerprint density at radius 3 is 2.41 bits per heavy atom. The molecule has 3 rings (SSSR count). The molecule has 2 N–H and O–H groups in total. The van der Waals surface area contributed by atoms with Gasteiger partial charge in [-0.3, -0.25) is 14.6 Å². The molecule has 0 spiro atoms. The predicted molar refractivity (Wildman–Crippen MR) is 107 cm³/mol. The molecule has 0 unspecified atom stereocenters. The lowest BCUT2D eigenvalue weighted by molar-refractivity contribution is -0.130. The number of likely N-dealkylation sites (tertiary alicyclic amines) is 1. The maximum atomic E-state index is 12.2. The quantitative estimate of drug-likeness (QED) is 0.607. The molecule has 7 heteroatoms. The van der Waals surface area contributed by atoms with Crippen molar-refractivity contribution in [1.29, 1.82) is 0 Å². The first-order valence-electron chi connectivity index (χ1n) is 9.79. The van der Waals surface area contributed by atoms with Gasteiger partial charge in [0.15, 0.2) is 5.96 Å². The van der Waals surface area contributed by atoms with E-state index < -0.39 is 0 Å². The van der Waals surface area contributed by atoms with E-state index in [0.717, 1.165) is 50.1 Å². The van der Waals surface area contributed by atoms with Gasteiger partial charge in [-0.2, -0.15) is 0 Å². The van der Waals surface area contributed by atoms with Crippen molar-refractivity contribution in [3.8, 4) is 0 Å². The van der Waals surface area contributed by atoms with E-state index in [-0.39, 0.29) is 18.4 Å². The number of carbonyl (C=O) groups excluding carboxylic acids is 2. The molecule has 0 aliphatic carbocycles. The fourth-order valence-electron chi connectivity index (χ4n) is 3.54. The Labute approximate surface area is 160 Å². The van der Waals surface area contributed by atoms with Crippen LogP contribution in [0.25, 0.3) is 0 Å². The predicted octanol–water partition coefficient (Wildman–Crippen LogP) is 1.49. The molecule has 2 amide bonds. The van der Waals surface area contributed by atoms with Crippen LogP contribution in [-0.4, -0.2) is 55.9 Å². The first kappa shape index (κ1) is 19.2. The highest BCUT2D eigenvalue weighted by Crippen LogP contribution is 2.21. The summed E-state index contributed by atoms with van der Waals surface area (Å²) in [7, 11) is 1.70. The van der Waals surface area contributed by atoms with Gasteiger partial charge in [0, 0.05) is 45.3 Å². The SMILES string of the molecule is CN=C(NCC(=O)N1CCCCC1)NCc1ccc(N2CCCC2=O)cc1. The number of carbonyl (C=O) groups is 2. The van der Waals surface area contributed by atoms with Gasteiger partial charge in [0.2, 0.25) is 11.8 Å². The molecule has 2 aliphatic heterocycles. The van der Waals surface area contributed by atoms with Crippen LogP contribution in [0.5, 0.6) is 0 Å². The lowest BCUT2D eigenvalue weighted by atomic mass is 10.1. The molecule has 1 aromatic carbocycles. The monoisotopic (exact) mass is 371 g/mol. The van der Waals surface area contributed by atoms with E-state index in [1.165, 1.54) is 6.42 Å². The first-order chi connectivity index (χ1) is 13.2. The van der Waals surface area contributed by atoms with Crippen LogP contribution in [0.2, 0.25) is 0 Å². The van der Waals surface area contributed by atoms with E-state index in [1.54, 1.807) is 7.05 Å². The second-order valence-electron chi connectivity index (χ2n) is 7.04. The van der Waals surface area contributed by atoms with E-state index in [9.17, 15) is 9.59 Å². The molecule has 2 saturated heterocycles. The molecule has 0 bridgehead atoms. The fraction of sp³-hybridized carbons (Fsp3) is 0.550. The zero-order chi connectivity index (χ0) is 19.1. The number of amides is 2. The van der Waals surface area contributed by atoms with Gasteiger partial charge in [0.05, 0.1) is 6.54 Å². The van der Waals surface area contributed by atoms with Crippen molar-refractivity contribution in [1.82, 2.24) is 15.5 Å². The summed E-state index contributed by atoms with van der Waals surface area (Å²) in [5, 5.41) is 6.32. The van der Waals surface area contributed by atoms with E-state index in [0.29, 0.717) is 18.9 Å². The lowest BCUT2D eigenvalue weighted by Gasteiger charge is -2.27. The zero-order valence-electron chi connectivity index (χ0n) is 16.0. The van der Waals surface area contributed by atoms with E-state index in [2.05, 4.69) is 15.6 Å². The van der Waals surface area contributed by atoms with Crippen molar-refractivity contribution in [2.45, 2.75) is 38.6 Å². The normalized spacial score (nSPS) is 18.0. The summed E-state index contributed by atoms with van der Waals surface area (Å²) >= 11 is 0. The molecule has 2 aliphatic rings. The Balaban J connectivity index is 1.45. The number of aliphatic imine (C=N–C) groups is 1. The smallest absolute Gasteiger partial charge is 0.241 e. The van der Waals surface area contributed by atoms with Crippen LogP contribution in [0.15, 0.2) is 29.3 Å². The van der Waals surface area contributed by atoms with Crippen LogP contribution in [0.3, 0.4) is 0 Å². The largest absolute Gasteiger partial charge is 0.352 e. The van der Waals surface area contributed by atoms with E-state index >= 15 is 0 Å². The Kier molecular flexibility index (Phi) is 6.68. The number of guanidine groups is 1. The third kappa shape index (κ3) is 5.21. The maximum absolute atomic E-state index is 12.2. The van der Waals surface area contributed by atoms with Crippen LogP contribution in [0, 0.1) is 0 Å². The first-order valence-corrected chi connectivity index (χ1v) is 9.79. The Hall–Kier alpha value is -2.57. The van der Waals surface area contributed by atoms with Gasteiger partial charge in [-0.25, -0.2) is 0 Å². The standard InChI is InChI=1S/C20H29N5O2/c1-21-20(23-15-19(27)24-11-3-2-4-12-24)22-14-16-7-9-17(10-8-16)25-13-5-6-18(25)26/h7-10H,2-6,11-15H2,1H3,(H2,21,22,23). The van der Waals surface area contributed by atoms with Gasteiger partial charge in [-0.15, -0.1) is 0 Å². The molecule has 146 valence electrons. The third-order valence-electron chi connectivity index (χ3n) is 5.12. The number of anilines is 1. The van der Waals surface area contributed by atoms with Crippen LogP contribution in [0.4, 0.5) is 5.69 Å². The molecule has 1 aromatic rings. The van der Waals surface area contributed by atoms with Crippen LogP contribution in [0.1, 0.15) is 37.7 Å². The van der Waals surface area contributed by atoms with Crippen molar-refractivity contribution in [3.05, 3.63) is 29.8 Å². The highest BCUT2D eigenvalue weighted by Gasteiger charge is 2.21. The number of piperidine rings is 1. The molecule has 0 atom stereocenters. The summed E-state index contributed by atoms with van der Waals surface area (Å²) in [6.45, 7) is 3.39. The summed E-state index contributed by atoms with van der Waals surface area (Å²) in [5.74, 6) is 0.931. The molecular formula is C20H29N5O2. The highest BCUT2D eigenvalue weighted by atomic mass is 16.2. The number of hydrogen-bond acceptors (Lipinski definition) is 3. The molecule has 0 aromatic heterocycles. The second kappa shape index (κ2) is 9.39. The minimum absolute atomic E-state index is 0.122.